The normalized spacial score (nSPS) is 22.0. The molecule has 1 saturated heterocycles. The van der Waals surface area contributed by atoms with Gasteiger partial charge in [-0.25, -0.2) is 9.29 Å². The van der Waals surface area contributed by atoms with Gasteiger partial charge in [0.15, 0.2) is 12.1 Å². The van der Waals surface area contributed by atoms with Crippen LogP contribution in [0.3, 0.4) is 0 Å². The molecule has 0 bridgehead atoms. The van der Waals surface area contributed by atoms with E-state index in [-0.39, 0.29) is 12.4 Å². The third kappa shape index (κ3) is 2.66. The van der Waals surface area contributed by atoms with Gasteiger partial charge in [0.05, 0.1) is 12.2 Å². The van der Waals surface area contributed by atoms with Crippen LogP contribution < -0.4 is 4.90 Å². The molecule has 0 N–H and O–H groups in total. The predicted molar refractivity (Wildman–Crippen MR) is 88.3 cm³/mol. The highest BCUT2D eigenvalue weighted by molar-refractivity contribution is 6.31. The Balaban J connectivity index is 1.60. The first kappa shape index (κ1) is 15.7. The van der Waals surface area contributed by atoms with Crippen LogP contribution in [0.15, 0.2) is 58.9 Å². The van der Waals surface area contributed by atoms with Gasteiger partial charge in [-0.2, -0.15) is 5.11 Å². The van der Waals surface area contributed by atoms with E-state index in [1.165, 1.54) is 17.1 Å². The minimum atomic E-state index is -0.878. The van der Waals surface area contributed by atoms with Gasteiger partial charge in [-0.15, -0.1) is 0 Å². The third-order valence-electron chi connectivity index (χ3n) is 4.18. The number of carbonyl (C=O) groups excluding carboxylic acids is 2. The molecule has 4 rings (SSSR count). The van der Waals surface area contributed by atoms with Gasteiger partial charge < -0.3 is 0 Å². The lowest BCUT2D eigenvalue weighted by atomic mass is 10.1. The van der Waals surface area contributed by atoms with E-state index in [1.807, 2.05) is 0 Å². The van der Waals surface area contributed by atoms with E-state index in [1.54, 1.807) is 36.4 Å². The highest BCUT2D eigenvalue weighted by Gasteiger charge is 2.54. The van der Waals surface area contributed by atoms with Crippen molar-refractivity contribution in [2.75, 3.05) is 4.90 Å². The Morgan fingerprint density at radius 2 is 1.84 bits per heavy atom. The third-order valence-corrected chi connectivity index (χ3v) is 4.43. The number of hydrogen-bond acceptors (Lipinski definition) is 5. The summed E-state index contributed by atoms with van der Waals surface area (Å²) in [5.41, 5.74) is 1.08. The van der Waals surface area contributed by atoms with Crippen LogP contribution in [-0.4, -0.2) is 28.9 Å². The largest absolute Gasteiger partial charge is 0.271 e. The molecule has 0 aliphatic carbocycles. The van der Waals surface area contributed by atoms with Crippen molar-refractivity contribution in [1.82, 2.24) is 5.01 Å². The van der Waals surface area contributed by atoms with Crippen molar-refractivity contribution in [3.8, 4) is 0 Å². The number of anilines is 1. The molecule has 8 heteroatoms. The Bertz CT molecular complexity index is 886. The maximum Gasteiger partial charge on any atom is 0.263 e. The lowest BCUT2D eigenvalue weighted by Crippen LogP contribution is -2.39. The molecule has 0 aromatic heterocycles. The molecule has 2 atom stereocenters. The Morgan fingerprint density at radius 1 is 1.08 bits per heavy atom. The SMILES string of the molecule is O=C1[C@@H]2[C@@H](N=NN2Cc2cccc(F)c2)C(=O)N1c1ccc(Cl)cc1. The topological polar surface area (TPSA) is 65.3 Å². The van der Waals surface area contributed by atoms with Gasteiger partial charge in [0.1, 0.15) is 5.82 Å². The molecular weight excluding hydrogens is 347 g/mol. The molecule has 0 radical (unpaired) electrons. The van der Waals surface area contributed by atoms with Crippen molar-refractivity contribution in [2.45, 2.75) is 18.6 Å². The summed E-state index contributed by atoms with van der Waals surface area (Å²) in [6.07, 6.45) is 0. The van der Waals surface area contributed by atoms with E-state index >= 15 is 0 Å². The number of halogens is 2. The van der Waals surface area contributed by atoms with E-state index in [0.29, 0.717) is 16.3 Å². The summed E-state index contributed by atoms with van der Waals surface area (Å²) in [5, 5.41) is 9.81. The second-order valence-corrected chi connectivity index (χ2v) is 6.25. The van der Waals surface area contributed by atoms with Gasteiger partial charge in [0.2, 0.25) is 0 Å². The number of rotatable bonds is 3. The van der Waals surface area contributed by atoms with Crippen molar-refractivity contribution in [3.05, 3.63) is 64.9 Å². The lowest BCUT2D eigenvalue weighted by molar-refractivity contribution is -0.123. The quantitative estimate of drug-likeness (QED) is 0.792. The average Bonchev–Trinajstić information content (AvgIpc) is 3.10. The van der Waals surface area contributed by atoms with Gasteiger partial charge in [0, 0.05) is 5.02 Å². The molecule has 2 aromatic carbocycles. The Morgan fingerprint density at radius 3 is 2.56 bits per heavy atom. The van der Waals surface area contributed by atoms with Crippen LogP contribution >= 0.6 is 11.6 Å². The number of hydrogen-bond donors (Lipinski definition) is 0. The molecular formula is C17H12ClFN4O2. The molecule has 2 heterocycles. The first-order valence-corrected chi connectivity index (χ1v) is 7.97. The molecule has 2 aliphatic heterocycles. The van der Waals surface area contributed by atoms with Gasteiger partial charge >= 0.3 is 0 Å². The fraction of sp³-hybridized carbons (Fsp3) is 0.176. The molecule has 6 nitrogen and oxygen atoms in total. The first-order valence-electron chi connectivity index (χ1n) is 7.60. The molecule has 2 amide bonds. The van der Waals surface area contributed by atoms with Crippen LogP contribution in [0.5, 0.6) is 0 Å². The minimum Gasteiger partial charge on any atom is -0.271 e. The summed E-state index contributed by atoms with van der Waals surface area (Å²) in [6.45, 7) is 0.190. The molecule has 126 valence electrons. The summed E-state index contributed by atoms with van der Waals surface area (Å²) >= 11 is 5.85. The van der Waals surface area contributed by atoms with E-state index in [4.69, 9.17) is 11.6 Å². The summed E-state index contributed by atoms with van der Waals surface area (Å²) in [7, 11) is 0. The van der Waals surface area contributed by atoms with Crippen LogP contribution in [0.1, 0.15) is 5.56 Å². The number of amides is 2. The van der Waals surface area contributed by atoms with Gasteiger partial charge in [-0.1, -0.05) is 29.0 Å². The van der Waals surface area contributed by atoms with Crippen LogP contribution in [0.25, 0.3) is 0 Å². The number of imide groups is 1. The molecule has 2 aromatic rings. The van der Waals surface area contributed by atoms with E-state index in [9.17, 15) is 14.0 Å². The van der Waals surface area contributed by atoms with Crippen molar-refractivity contribution in [2.24, 2.45) is 10.3 Å². The highest BCUT2D eigenvalue weighted by Crippen LogP contribution is 2.33. The van der Waals surface area contributed by atoms with Gasteiger partial charge in [-0.3, -0.25) is 14.6 Å². The maximum atomic E-state index is 13.4. The zero-order chi connectivity index (χ0) is 17.6. The lowest BCUT2D eigenvalue weighted by Gasteiger charge is -2.20. The molecule has 25 heavy (non-hydrogen) atoms. The van der Waals surface area contributed by atoms with Crippen molar-refractivity contribution in [3.63, 3.8) is 0 Å². The zero-order valence-corrected chi connectivity index (χ0v) is 13.6. The molecule has 0 spiro atoms. The molecule has 0 unspecified atom stereocenters. The molecule has 2 aliphatic rings. The smallest absolute Gasteiger partial charge is 0.263 e. The average molecular weight is 359 g/mol. The first-order chi connectivity index (χ1) is 12.0. The van der Waals surface area contributed by atoms with Crippen LogP contribution in [0, 0.1) is 5.82 Å². The van der Waals surface area contributed by atoms with Crippen molar-refractivity contribution >= 4 is 29.1 Å². The fourth-order valence-corrected chi connectivity index (χ4v) is 3.15. The van der Waals surface area contributed by atoms with Crippen LogP contribution in [0.2, 0.25) is 5.02 Å². The summed E-state index contributed by atoms with van der Waals surface area (Å²) in [6, 6.07) is 10.7. The van der Waals surface area contributed by atoms with E-state index in [2.05, 4.69) is 10.3 Å². The number of carbonyl (C=O) groups is 2. The Kier molecular flexibility index (Phi) is 3.73. The predicted octanol–water partition coefficient (Wildman–Crippen LogP) is 2.97. The molecule has 0 saturated carbocycles. The second-order valence-electron chi connectivity index (χ2n) is 5.81. The number of fused-ring (bicyclic) bond motifs is 1. The number of benzene rings is 2. The monoisotopic (exact) mass is 358 g/mol. The summed E-state index contributed by atoms with van der Waals surface area (Å²) in [4.78, 5) is 26.5. The van der Waals surface area contributed by atoms with Crippen LogP contribution in [-0.2, 0) is 16.1 Å². The standard InChI is InChI=1S/C17H12ClFN4O2/c18-11-4-6-13(7-5-11)23-16(24)14-15(17(23)25)22(21-20-14)9-10-2-1-3-12(19)8-10/h1-8,14-15H,9H2/t14-,15+/m1/s1. The van der Waals surface area contributed by atoms with E-state index in [0.717, 1.165) is 4.90 Å². The van der Waals surface area contributed by atoms with Crippen molar-refractivity contribution < 1.29 is 14.0 Å². The van der Waals surface area contributed by atoms with Crippen LogP contribution in [0.4, 0.5) is 10.1 Å². The highest BCUT2D eigenvalue weighted by atomic mass is 35.5. The van der Waals surface area contributed by atoms with Crippen molar-refractivity contribution in [1.29, 1.82) is 0 Å². The minimum absolute atomic E-state index is 0.190. The van der Waals surface area contributed by atoms with Gasteiger partial charge in [-0.05, 0) is 42.0 Å². The summed E-state index contributed by atoms with van der Waals surface area (Å²) < 4.78 is 13.4. The Labute approximate surface area is 147 Å². The zero-order valence-electron chi connectivity index (χ0n) is 12.8. The number of nitrogens with zero attached hydrogens (tertiary/aromatic N) is 4. The fourth-order valence-electron chi connectivity index (χ4n) is 3.02. The summed E-state index contributed by atoms with van der Waals surface area (Å²) in [5.74, 6) is -1.21. The Hall–Kier alpha value is -2.80. The maximum absolute atomic E-state index is 13.4. The second kappa shape index (κ2) is 5.93. The molecule has 1 fully saturated rings. The van der Waals surface area contributed by atoms with E-state index < -0.39 is 23.9 Å². The van der Waals surface area contributed by atoms with Gasteiger partial charge in [0.25, 0.3) is 11.8 Å².